The molecule has 0 radical (unpaired) electrons. The van der Waals surface area contributed by atoms with Gasteiger partial charge in [0, 0.05) is 48.6 Å². The van der Waals surface area contributed by atoms with Crippen molar-refractivity contribution >= 4 is 34.2 Å². The first-order chi connectivity index (χ1) is 18.3. The van der Waals surface area contributed by atoms with Gasteiger partial charge in [0.1, 0.15) is 0 Å². The molecule has 194 valence electrons. The van der Waals surface area contributed by atoms with E-state index in [0.717, 1.165) is 42.4 Å². The first kappa shape index (κ1) is 25.2. The summed E-state index contributed by atoms with van der Waals surface area (Å²) < 4.78 is 1.62. The van der Waals surface area contributed by atoms with Crippen molar-refractivity contribution in [2.24, 2.45) is 5.73 Å². The molecule has 0 saturated carbocycles. The summed E-state index contributed by atoms with van der Waals surface area (Å²) >= 11 is 0. The molecule has 0 fully saturated rings. The molecule has 7 heteroatoms. The zero-order valence-corrected chi connectivity index (χ0v) is 21.5. The van der Waals surface area contributed by atoms with Gasteiger partial charge in [0.05, 0.1) is 6.54 Å². The van der Waals surface area contributed by atoms with Crippen LogP contribution in [0, 0.1) is 0 Å². The number of aromatic nitrogens is 1. The molecule has 7 nitrogen and oxygen atoms in total. The highest BCUT2D eigenvalue weighted by molar-refractivity contribution is 6.09. The van der Waals surface area contributed by atoms with E-state index in [1.807, 2.05) is 30.3 Å². The van der Waals surface area contributed by atoms with Gasteiger partial charge in [0.15, 0.2) is 6.29 Å². The number of nitrogens with zero attached hydrogens (tertiary/aromatic N) is 2. The number of amides is 1. The summed E-state index contributed by atoms with van der Waals surface area (Å²) in [7, 11) is 2.11. The van der Waals surface area contributed by atoms with E-state index in [9.17, 15) is 14.4 Å². The van der Waals surface area contributed by atoms with Gasteiger partial charge in [-0.15, -0.1) is 0 Å². The van der Waals surface area contributed by atoms with Gasteiger partial charge in [-0.1, -0.05) is 24.3 Å². The van der Waals surface area contributed by atoms with Crippen molar-refractivity contribution in [2.45, 2.75) is 26.4 Å². The summed E-state index contributed by atoms with van der Waals surface area (Å²) in [6, 6.07) is 20.5. The Morgan fingerprint density at radius 1 is 1.05 bits per heavy atom. The van der Waals surface area contributed by atoms with Crippen molar-refractivity contribution < 1.29 is 11.0 Å². The van der Waals surface area contributed by atoms with E-state index in [4.69, 9.17) is 5.73 Å². The number of fused-ring (bicyclic) bond motifs is 2. The maximum atomic E-state index is 13.2. The van der Waals surface area contributed by atoms with Crippen molar-refractivity contribution in [3.8, 4) is 0 Å². The zero-order chi connectivity index (χ0) is 26.8. The van der Waals surface area contributed by atoms with E-state index < -0.39 is 0 Å². The molecule has 0 spiro atoms. The van der Waals surface area contributed by atoms with Crippen molar-refractivity contribution in [2.75, 3.05) is 18.9 Å². The SMILES string of the molecule is C/C(N)=C(/C=O)c1ccc2c(=O)n(Cc3cccc(C(=O)Nc4ccc5c(c4)CCN(C)C5)c3)ccc2c1.[HH]. The molecule has 1 aromatic heterocycles. The number of carbonyl (C=O) groups excluding carboxylic acids is 2. The van der Waals surface area contributed by atoms with Crippen molar-refractivity contribution in [1.29, 1.82) is 0 Å². The third-order valence-corrected chi connectivity index (χ3v) is 7.04. The second-order valence-electron chi connectivity index (χ2n) is 9.89. The third kappa shape index (κ3) is 5.14. The van der Waals surface area contributed by atoms with Crippen LogP contribution in [-0.2, 0) is 24.3 Å². The van der Waals surface area contributed by atoms with Gasteiger partial charge >= 0.3 is 0 Å². The van der Waals surface area contributed by atoms with Gasteiger partial charge in [-0.25, -0.2) is 0 Å². The number of hydrogen-bond donors (Lipinski definition) is 2. The van der Waals surface area contributed by atoms with Gasteiger partial charge in [-0.2, -0.15) is 0 Å². The molecule has 4 aromatic rings. The number of nitrogens with two attached hydrogens (primary N) is 1. The monoisotopic (exact) mass is 508 g/mol. The van der Waals surface area contributed by atoms with Gasteiger partial charge in [-0.05, 0) is 90.5 Å². The maximum Gasteiger partial charge on any atom is 0.258 e. The van der Waals surface area contributed by atoms with Crippen LogP contribution >= 0.6 is 0 Å². The Labute approximate surface area is 222 Å². The number of likely N-dealkylation sites (N-methyl/N-ethyl adjacent to an activating group) is 1. The van der Waals surface area contributed by atoms with Gasteiger partial charge in [0.2, 0.25) is 0 Å². The van der Waals surface area contributed by atoms with Crippen molar-refractivity contribution in [3.05, 3.63) is 117 Å². The van der Waals surface area contributed by atoms with E-state index in [-0.39, 0.29) is 12.9 Å². The van der Waals surface area contributed by atoms with E-state index in [2.05, 4.69) is 29.4 Å². The van der Waals surface area contributed by atoms with Crippen LogP contribution in [0.3, 0.4) is 0 Å². The number of aldehydes is 1. The molecular formula is C31H32N4O3. The Morgan fingerprint density at radius 3 is 2.68 bits per heavy atom. The lowest BCUT2D eigenvalue weighted by molar-refractivity contribution is -0.103. The quantitative estimate of drug-likeness (QED) is 0.297. The predicted octanol–water partition coefficient (Wildman–Crippen LogP) is 4.42. The number of pyridine rings is 1. The molecule has 0 bridgehead atoms. The van der Waals surface area contributed by atoms with Crippen LogP contribution in [0.2, 0.25) is 0 Å². The van der Waals surface area contributed by atoms with Crippen molar-refractivity contribution in [3.63, 3.8) is 0 Å². The minimum atomic E-state index is -0.188. The standard InChI is InChI=1S/C31H30N4O3.H2/c1-20(32)29(19-36)23-7-9-28-24(15-23)11-13-35(31(28)38)17-21-4-3-5-25(14-21)30(37)33-27-8-6-26-18-34(2)12-10-22(26)16-27;/h3-9,11,13-16,19H,10,12,17-18,32H2,1-2H3,(H,33,37);1H/b29-20+;. The first-order valence-electron chi connectivity index (χ1n) is 12.6. The van der Waals surface area contributed by atoms with Crippen molar-refractivity contribution in [1.82, 2.24) is 9.47 Å². The second-order valence-corrected chi connectivity index (χ2v) is 9.89. The Kier molecular flexibility index (Phi) is 6.94. The van der Waals surface area contributed by atoms with Crippen LogP contribution in [-0.4, -0.2) is 35.3 Å². The zero-order valence-electron chi connectivity index (χ0n) is 21.5. The summed E-state index contributed by atoms with van der Waals surface area (Å²) in [4.78, 5) is 39.9. The number of carbonyl (C=O) groups is 2. The van der Waals surface area contributed by atoms with Crippen LogP contribution in [0.25, 0.3) is 16.3 Å². The lowest BCUT2D eigenvalue weighted by Crippen LogP contribution is -2.26. The van der Waals surface area contributed by atoms with Gasteiger partial charge in [0.25, 0.3) is 11.5 Å². The van der Waals surface area contributed by atoms with Gasteiger partial charge in [-0.3, -0.25) is 14.4 Å². The Balaban J connectivity index is 0.00000353. The lowest BCUT2D eigenvalue weighted by atomic mass is 9.99. The van der Waals surface area contributed by atoms with Crippen LogP contribution in [0.1, 0.15) is 41.0 Å². The molecule has 2 heterocycles. The maximum absolute atomic E-state index is 13.2. The molecule has 0 unspecified atom stereocenters. The minimum absolute atomic E-state index is 0. The fourth-order valence-corrected chi connectivity index (χ4v) is 4.95. The topological polar surface area (TPSA) is 97.4 Å². The number of rotatable bonds is 6. The van der Waals surface area contributed by atoms with Crippen LogP contribution < -0.4 is 16.6 Å². The molecule has 1 amide bonds. The number of hydrogen-bond acceptors (Lipinski definition) is 5. The highest BCUT2D eigenvalue weighted by Gasteiger charge is 2.15. The summed E-state index contributed by atoms with van der Waals surface area (Å²) in [5.41, 5.74) is 11.9. The summed E-state index contributed by atoms with van der Waals surface area (Å²) in [6.07, 6.45) is 3.42. The molecule has 3 N–H and O–H groups in total. The van der Waals surface area contributed by atoms with Crippen LogP contribution in [0.5, 0.6) is 0 Å². The molecule has 0 saturated heterocycles. The van der Waals surface area contributed by atoms with Crippen LogP contribution in [0.4, 0.5) is 5.69 Å². The smallest absolute Gasteiger partial charge is 0.258 e. The van der Waals surface area contributed by atoms with E-state index in [0.29, 0.717) is 34.3 Å². The van der Waals surface area contributed by atoms with E-state index >= 15 is 0 Å². The highest BCUT2D eigenvalue weighted by atomic mass is 16.1. The molecule has 1 aliphatic rings. The Bertz CT molecular complexity index is 1650. The van der Waals surface area contributed by atoms with E-state index in [1.54, 1.807) is 42.0 Å². The van der Waals surface area contributed by atoms with Gasteiger partial charge < -0.3 is 20.5 Å². The molecule has 3 aromatic carbocycles. The average molecular weight is 509 g/mol. The fraction of sp³-hybridized carbons (Fsp3) is 0.194. The average Bonchev–Trinajstić information content (AvgIpc) is 2.91. The highest BCUT2D eigenvalue weighted by Crippen LogP contribution is 2.23. The number of nitrogens with one attached hydrogen (secondary N) is 1. The second kappa shape index (κ2) is 10.5. The number of anilines is 1. The minimum Gasteiger partial charge on any atom is -0.402 e. The summed E-state index contributed by atoms with van der Waals surface area (Å²) in [6.45, 7) is 3.93. The molecule has 38 heavy (non-hydrogen) atoms. The van der Waals surface area contributed by atoms with Crippen LogP contribution in [0.15, 0.2) is 83.4 Å². The molecule has 0 aliphatic carbocycles. The Morgan fingerprint density at radius 2 is 1.89 bits per heavy atom. The molecule has 1 aliphatic heterocycles. The normalized spacial score (nSPS) is 14.1. The molecule has 0 atom stereocenters. The largest absolute Gasteiger partial charge is 0.402 e. The van der Waals surface area contributed by atoms with E-state index in [1.165, 1.54) is 11.1 Å². The number of allylic oxidation sites excluding steroid dienone is 2. The summed E-state index contributed by atoms with van der Waals surface area (Å²) in [5, 5.41) is 4.29. The Hall–Kier alpha value is -4.49. The molecular weight excluding hydrogens is 476 g/mol. The lowest BCUT2D eigenvalue weighted by Gasteiger charge is -2.25. The number of benzene rings is 3. The molecule has 5 rings (SSSR count). The summed E-state index contributed by atoms with van der Waals surface area (Å²) in [5.74, 6) is -0.188. The fourth-order valence-electron chi connectivity index (χ4n) is 4.95. The first-order valence-corrected chi connectivity index (χ1v) is 12.6. The third-order valence-electron chi connectivity index (χ3n) is 7.04. The predicted molar refractivity (Wildman–Crippen MR) is 153 cm³/mol.